The molecule has 1 heterocycles. The number of rotatable bonds is 8. The van der Waals surface area contributed by atoms with Crippen LogP contribution in [0, 0.1) is 0 Å². The van der Waals surface area contributed by atoms with Gasteiger partial charge in [0.25, 0.3) is 0 Å². The zero-order valence-corrected chi connectivity index (χ0v) is 13.0. The minimum atomic E-state index is 0.672. The lowest BCUT2D eigenvalue weighted by atomic mass is 10.0. The van der Waals surface area contributed by atoms with Crippen LogP contribution in [-0.4, -0.2) is 36.1 Å². The highest BCUT2D eigenvalue weighted by atomic mass is 15.2. The Labute approximate surface area is 115 Å². The largest absolute Gasteiger partial charge is 0.313 e. The van der Waals surface area contributed by atoms with E-state index in [1.807, 2.05) is 0 Å². The minimum Gasteiger partial charge on any atom is -0.313 e. The van der Waals surface area contributed by atoms with Crippen molar-refractivity contribution in [3.8, 4) is 0 Å². The Morgan fingerprint density at radius 3 is 2.50 bits per heavy atom. The predicted octanol–water partition coefficient (Wildman–Crippen LogP) is 3.81. The van der Waals surface area contributed by atoms with E-state index >= 15 is 0 Å². The Kier molecular flexibility index (Phi) is 7.92. The average Bonchev–Trinajstić information content (AvgIpc) is 2.37. The Balaban J connectivity index is 2.37. The standard InChI is InChI=1S/C16H34N2/c1-5-6-7-10-15(4)18(14(2)3)13-16-11-8-9-12-17-16/h14-17H,5-13H2,1-4H3. The van der Waals surface area contributed by atoms with Gasteiger partial charge >= 0.3 is 0 Å². The van der Waals surface area contributed by atoms with E-state index in [9.17, 15) is 0 Å². The highest BCUT2D eigenvalue weighted by Gasteiger charge is 2.22. The number of unbranched alkanes of at least 4 members (excludes halogenated alkanes) is 2. The van der Waals surface area contributed by atoms with Crippen LogP contribution in [0.25, 0.3) is 0 Å². The molecule has 0 aromatic rings. The van der Waals surface area contributed by atoms with Gasteiger partial charge in [0.05, 0.1) is 0 Å². The van der Waals surface area contributed by atoms with Crippen LogP contribution in [0.1, 0.15) is 72.6 Å². The van der Waals surface area contributed by atoms with Gasteiger partial charge in [-0.25, -0.2) is 0 Å². The smallest absolute Gasteiger partial charge is 0.0195 e. The van der Waals surface area contributed by atoms with Crippen molar-refractivity contribution in [1.29, 1.82) is 0 Å². The Morgan fingerprint density at radius 2 is 1.94 bits per heavy atom. The molecule has 1 fully saturated rings. The van der Waals surface area contributed by atoms with Crippen molar-refractivity contribution in [2.75, 3.05) is 13.1 Å². The van der Waals surface area contributed by atoms with Gasteiger partial charge in [0.2, 0.25) is 0 Å². The number of nitrogens with zero attached hydrogens (tertiary/aromatic N) is 1. The first kappa shape index (κ1) is 16.0. The van der Waals surface area contributed by atoms with Crippen LogP contribution in [-0.2, 0) is 0 Å². The lowest BCUT2D eigenvalue weighted by molar-refractivity contribution is 0.130. The highest BCUT2D eigenvalue weighted by Crippen LogP contribution is 2.16. The van der Waals surface area contributed by atoms with Crippen LogP contribution >= 0.6 is 0 Å². The average molecular weight is 254 g/mol. The third kappa shape index (κ3) is 5.71. The number of hydrogen-bond donors (Lipinski definition) is 1. The maximum atomic E-state index is 3.68. The van der Waals surface area contributed by atoms with Gasteiger partial charge in [-0.05, 0) is 46.6 Å². The first-order valence-corrected chi connectivity index (χ1v) is 8.14. The van der Waals surface area contributed by atoms with Gasteiger partial charge < -0.3 is 5.32 Å². The molecule has 0 bridgehead atoms. The van der Waals surface area contributed by atoms with Crippen molar-refractivity contribution in [3.63, 3.8) is 0 Å². The summed E-state index contributed by atoms with van der Waals surface area (Å²) < 4.78 is 0. The van der Waals surface area contributed by atoms with Gasteiger partial charge in [0.1, 0.15) is 0 Å². The molecule has 18 heavy (non-hydrogen) atoms. The topological polar surface area (TPSA) is 15.3 Å². The fraction of sp³-hybridized carbons (Fsp3) is 1.00. The quantitative estimate of drug-likeness (QED) is 0.663. The molecule has 1 saturated heterocycles. The Morgan fingerprint density at radius 1 is 1.17 bits per heavy atom. The third-order valence-corrected chi connectivity index (χ3v) is 4.30. The monoisotopic (exact) mass is 254 g/mol. The lowest BCUT2D eigenvalue weighted by Crippen LogP contribution is -2.49. The summed E-state index contributed by atoms with van der Waals surface area (Å²) in [6, 6.07) is 2.14. The van der Waals surface area contributed by atoms with Gasteiger partial charge in [-0.1, -0.05) is 32.6 Å². The Hall–Kier alpha value is -0.0800. The Bertz CT molecular complexity index is 197. The van der Waals surface area contributed by atoms with Crippen molar-refractivity contribution in [3.05, 3.63) is 0 Å². The minimum absolute atomic E-state index is 0.672. The fourth-order valence-electron chi connectivity index (χ4n) is 3.09. The second-order valence-electron chi connectivity index (χ2n) is 6.28. The molecule has 1 aliphatic heterocycles. The first-order valence-electron chi connectivity index (χ1n) is 8.14. The van der Waals surface area contributed by atoms with Crippen LogP contribution in [0.3, 0.4) is 0 Å². The van der Waals surface area contributed by atoms with E-state index in [0.29, 0.717) is 6.04 Å². The third-order valence-electron chi connectivity index (χ3n) is 4.30. The molecule has 0 saturated carbocycles. The normalized spacial score (nSPS) is 22.7. The van der Waals surface area contributed by atoms with Crippen molar-refractivity contribution in [2.24, 2.45) is 0 Å². The van der Waals surface area contributed by atoms with Gasteiger partial charge in [0, 0.05) is 24.7 Å². The molecule has 108 valence electrons. The molecule has 0 amide bonds. The van der Waals surface area contributed by atoms with Crippen LogP contribution in [0.15, 0.2) is 0 Å². The lowest BCUT2D eigenvalue weighted by Gasteiger charge is -2.37. The molecule has 2 unspecified atom stereocenters. The van der Waals surface area contributed by atoms with E-state index in [-0.39, 0.29) is 0 Å². The van der Waals surface area contributed by atoms with Crippen molar-refractivity contribution in [2.45, 2.75) is 90.8 Å². The van der Waals surface area contributed by atoms with E-state index in [4.69, 9.17) is 0 Å². The molecular weight excluding hydrogens is 220 g/mol. The summed E-state index contributed by atoms with van der Waals surface area (Å²) >= 11 is 0. The first-order chi connectivity index (χ1) is 8.65. The summed E-state index contributed by atoms with van der Waals surface area (Å²) in [5.41, 5.74) is 0. The van der Waals surface area contributed by atoms with E-state index < -0.39 is 0 Å². The molecule has 2 nitrogen and oxygen atoms in total. The molecular formula is C16H34N2. The zero-order valence-electron chi connectivity index (χ0n) is 13.0. The summed E-state index contributed by atoms with van der Waals surface area (Å²) in [5, 5.41) is 3.68. The molecule has 0 spiro atoms. The van der Waals surface area contributed by atoms with Crippen molar-refractivity contribution >= 4 is 0 Å². The van der Waals surface area contributed by atoms with Crippen LogP contribution in [0.2, 0.25) is 0 Å². The van der Waals surface area contributed by atoms with E-state index in [0.717, 1.165) is 12.1 Å². The van der Waals surface area contributed by atoms with Crippen LogP contribution in [0.5, 0.6) is 0 Å². The van der Waals surface area contributed by atoms with Crippen LogP contribution in [0.4, 0.5) is 0 Å². The number of piperidine rings is 1. The number of hydrogen-bond acceptors (Lipinski definition) is 2. The van der Waals surface area contributed by atoms with Crippen LogP contribution < -0.4 is 5.32 Å². The molecule has 0 aromatic carbocycles. The second-order valence-corrected chi connectivity index (χ2v) is 6.28. The molecule has 0 aromatic heterocycles. The van der Waals surface area contributed by atoms with Crippen molar-refractivity contribution < 1.29 is 0 Å². The second kappa shape index (κ2) is 8.92. The molecule has 1 N–H and O–H groups in total. The summed E-state index contributed by atoms with van der Waals surface area (Å²) in [5.74, 6) is 0. The molecule has 2 heteroatoms. The van der Waals surface area contributed by atoms with Gasteiger partial charge in [0.15, 0.2) is 0 Å². The fourth-order valence-corrected chi connectivity index (χ4v) is 3.09. The zero-order chi connectivity index (χ0) is 13.4. The summed E-state index contributed by atoms with van der Waals surface area (Å²) in [4.78, 5) is 2.71. The molecule has 0 radical (unpaired) electrons. The number of nitrogens with one attached hydrogen (secondary N) is 1. The summed E-state index contributed by atoms with van der Waals surface area (Å²) in [6.07, 6.45) is 9.61. The summed E-state index contributed by atoms with van der Waals surface area (Å²) in [6.45, 7) is 11.9. The molecule has 2 atom stereocenters. The SMILES string of the molecule is CCCCCC(C)N(CC1CCCCN1)C(C)C. The predicted molar refractivity (Wildman–Crippen MR) is 81.1 cm³/mol. The van der Waals surface area contributed by atoms with Gasteiger partial charge in [-0.3, -0.25) is 4.90 Å². The molecule has 1 rings (SSSR count). The van der Waals surface area contributed by atoms with Crippen molar-refractivity contribution in [1.82, 2.24) is 10.2 Å². The molecule has 1 aliphatic rings. The van der Waals surface area contributed by atoms with Gasteiger partial charge in [-0.15, -0.1) is 0 Å². The molecule has 0 aliphatic carbocycles. The van der Waals surface area contributed by atoms with Gasteiger partial charge in [-0.2, -0.15) is 0 Å². The van der Waals surface area contributed by atoms with E-state index in [1.54, 1.807) is 0 Å². The maximum absolute atomic E-state index is 3.68. The van der Waals surface area contributed by atoms with E-state index in [1.165, 1.54) is 58.0 Å². The highest BCUT2D eigenvalue weighted by molar-refractivity contribution is 4.80. The maximum Gasteiger partial charge on any atom is 0.0195 e. The van der Waals surface area contributed by atoms with E-state index in [2.05, 4.69) is 37.9 Å². The summed E-state index contributed by atoms with van der Waals surface area (Å²) in [7, 11) is 0.